The molecule has 2 aromatic carbocycles. The number of alkyl carbamates (subject to hydrolysis) is 2. The summed E-state index contributed by atoms with van der Waals surface area (Å²) in [4.78, 5) is 25.1. The molecule has 0 bridgehead atoms. The van der Waals surface area contributed by atoms with Gasteiger partial charge in [-0.05, 0) is 76.3 Å². The average molecular weight is 493 g/mol. The van der Waals surface area contributed by atoms with Gasteiger partial charge in [-0.1, -0.05) is 73.7 Å². The minimum atomic E-state index is -0.664. The van der Waals surface area contributed by atoms with E-state index in [4.69, 9.17) is 9.47 Å². The first-order valence-electron chi connectivity index (χ1n) is 12.2. The molecule has 6 nitrogen and oxygen atoms in total. The van der Waals surface area contributed by atoms with Crippen molar-refractivity contribution in [2.24, 2.45) is 0 Å². The smallest absolute Gasteiger partial charge is 0.408 e. The minimum Gasteiger partial charge on any atom is -0.446 e. The first-order chi connectivity index (χ1) is 16.7. The molecular formula is C30H40N2O4. The minimum absolute atomic E-state index is 0.0496. The summed E-state index contributed by atoms with van der Waals surface area (Å²) in [5, 5.41) is 5.79. The molecule has 0 spiro atoms. The van der Waals surface area contributed by atoms with Crippen LogP contribution in [-0.4, -0.2) is 24.9 Å². The van der Waals surface area contributed by atoms with Crippen LogP contribution < -0.4 is 10.6 Å². The van der Waals surface area contributed by atoms with Crippen LogP contribution in [0, 0.1) is 0 Å². The Morgan fingerprint density at radius 2 is 1.39 bits per heavy atom. The lowest BCUT2D eigenvalue weighted by molar-refractivity contribution is 0.0367. The third kappa shape index (κ3) is 8.01. The zero-order valence-electron chi connectivity index (χ0n) is 22.7. The van der Waals surface area contributed by atoms with Crippen LogP contribution in [0.25, 0.3) is 11.1 Å². The van der Waals surface area contributed by atoms with E-state index < -0.39 is 29.4 Å². The third-order valence-electron chi connectivity index (χ3n) is 6.13. The van der Waals surface area contributed by atoms with Crippen LogP contribution >= 0.6 is 0 Å². The van der Waals surface area contributed by atoms with Gasteiger partial charge in [0.15, 0.2) is 0 Å². The molecule has 6 heteroatoms. The number of benzene rings is 2. The van der Waals surface area contributed by atoms with E-state index in [1.165, 1.54) is 0 Å². The lowest BCUT2D eigenvalue weighted by Crippen LogP contribution is -2.44. The Bertz CT molecular complexity index is 1100. The molecular weight excluding hydrogens is 452 g/mol. The van der Waals surface area contributed by atoms with Crippen LogP contribution in [0.5, 0.6) is 0 Å². The van der Waals surface area contributed by atoms with Crippen molar-refractivity contribution in [2.45, 2.75) is 72.1 Å². The molecule has 0 radical (unpaired) electrons. The number of hydrogen-bond acceptors (Lipinski definition) is 4. The fraction of sp³-hybridized carbons (Fsp3) is 0.400. The van der Waals surface area contributed by atoms with Gasteiger partial charge >= 0.3 is 12.2 Å². The van der Waals surface area contributed by atoms with Crippen molar-refractivity contribution in [3.8, 4) is 0 Å². The van der Waals surface area contributed by atoms with Crippen LogP contribution in [0.4, 0.5) is 9.59 Å². The topological polar surface area (TPSA) is 76.7 Å². The summed E-state index contributed by atoms with van der Waals surface area (Å²) in [5.41, 5.74) is 4.54. The molecule has 2 aromatic rings. The SMILES string of the molecule is C=C(C)c1ccc(C(C)(C)NC(=O)OCC(CC)OC(=O)NC(C)(C)c2cccc(C(=C)C)c2)cc1. The molecule has 0 saturated carbocycles. The van der Waals surface area contributed by atoms with Gasteiger partial charge in [-0.15, -0.1) is 0 Å². The molecule has 0 heterocycles. The van der Waals surface area contributed by atoms with Crippen molar-refractivity contribution in [3.05, 3.63) is 83.9 Å². The average Bonchev–Trinajstić information content (AvgIpc) is 2.81. The van der Waals surface area contributed by atoms with Crippen LogP contribution in [0.1, 0.15) is 77.1 Å². The molecule has 0 saturated heterocycles. The van der Waals surface area contributed by atoms with Gasteiger partial charge in [0.1, 0.15) is 12.7 Å². The van der Waals surface area contributed by atoms with Gasteiger partial charge in [0.2, 0.25) is 0 Å². The number of amides is 2. The Morgan fingerprint density at radius 3 is 1.94 bits per heavy atom. The van der Waals surface area contributed by atoms with Crippen molar-refractivity contribution < 1.29 is 19.1 Å². The van der Waals surface area contributed by atoms with E-state index in [1.807, 2.05) is 97.0 Å². The maximum atomic E-state index is 12.6. The van der Waals surface area contributed by atoms with Gasteiger partial charge in [-0.3, -0.25) is 0 Å². The predicted molar refractivity (Wildman–Crippen MR) is 147 cm³/mol. The van der Waals surface area contributed by atoms with Gasteiger partial charge in [0, 0.05) is 0 Å². The fourth-order valence-corrected chi connectivity index (χ4v) is 3.62. The monoisotopic (exact) mass is 492 g/mol. The molecule has 36 heavy (non-hydrogen) atoms. The van der Waals surface area contributed by atoms with Crippen molar-refractivity contribution in [3.63, 3.8) is 0 Å². The highest BCUT2D eigenvalue weighted by Crippen LogP contribution is 2.24. The van der Waals surface area contributed by atoms with Crippen LogP contribution in [0.15, 0.2) is 61.7 Å². The Balaban J connectivity index is 1.92. The number of rotatable bonds is 10. The van der Waals surface area contributed by atoms with Gasteiger partial charge in [0.05, 0.1) is 11.1 Å². The summed E-state index contributed by atoms with van der Waals surface area (Å²) in [6, 6.07) is 15.7. The largest absolute Gasteiger partial charge is 0.446 e. The molecule has 0 aliphatic rings. The molecule has 0 aliphatic carbocycles. The molecule has 1 unspecified atom stereocenters. The van der Waals surface area contributed by atoms with Crippen molar-refractivity contribution in [1.29, 1.82) is 0 Å². The van der Waals surface area contributed by atoms with Crippen molar-refractivity contribution in [1.82, 2.24) is 10.6 Å². The van der Waals surface area contributed by atoms with E-state index in [0.29, 0.717) is 6.42 Å². The highest BCUT2D eigenvalue weighted by atomic mass is 16.6. The number of carbonyl (C=O) groups excluding carboxylic acids is 2. The summed E-state index contributed by atoms with van der Waals surface area (Å²) in [5.74, 6) is 0. The molecule has 2 N–H and O–H groups in total. The Labute approximate surface area is 215 Å². The summed E-state index contributed by atoms with van der Waals surface area (Å²) in [6.07, 6.45) is -1.23. The van der Waals surface area contributed by atoms with E-state index in [2.05, 4.69) is 23.8 Å². The Hall–Kier alpha value is -3.54. The van der Waals surface area contributed by atoms with Gasteiger partial charge in [0.25, 0.3) is 0 Å². The predicted octanol–water partition coefficient (Wildman–Crippen LogP) is 7.15. The Morgan fingerprint density at radius 1 is 0.833 bits per heavy atom. The molecule has 0 aliphatic heterocycles. The molecule has 2 amide bonds. The summed E-state index contributed by atoms with van der Waals surface area (Å²) < 4.78 is 10.9. The normalized spacial score (nSPS) is 12.3. The van der Waals surface area contributed by atoms with E-state index in [1.54, 1.807) is 0 Å². The third-order valence-corrected chi connectivity index (χ3v) is 6.13. The summed E-state index contributed by atoms with van der Waals surface area (Å²) in [6.45, 7) is 21.2. The number of allylic oxidation sites excluding steroid dienone is 2. The van der Waals surface area contributed by atoms with Crippen molar-refractivity contribution in [2.75, 3.05) is 6.61 Å². The fourth-order valence-electron chi connectivity index (χ4n) is 3.62. The summed E-state index contributed by atoms with van der Waals surface area (Å²) in [7, 11) is 0. The van der Waals surface area contributed by atoms with Gasteiger partial charge < -0.3 is 20.1 Å². The zero-order valence-corrected chi connectivity index (χ0v) is 22.7. The maximum absolute atomic E-state index is 12.6. The van der Waals surface area contributed by atoms with E-state index >= 15 is 0 Å². The molecule has 1 atom stereocenters. The molecule has 2 rings (SSSR count). The van der Waals surface area contributed by atoms with E-state index in [9.17, 15) is 9.59 Å². The lowest BCUT2D eigenvalue weighted by Gasteiger charge is -2.29. The van der Waals surface area contributed by atoms with Gasteiger partial charge in [-0.2, -0.15) is 0 Å². The van der Waals surface area contributed by atoms with Gasteiger partial charge in [-0.25, -0.2) is 9.59 Å². The highest BCUT2D eigenvalue weighted by molar-refractivity contribution is 5.70. The second-order valence-electron chi connectivity index (χ2n) is 10.3. The first kappa shape index (κ1) is 28.7. The number of carbonyl (C=O) groups is 2. The lowest BCUT2D eigenvalue weighted by atomic mass is 9.92. The molecule has 0 aromatic heterocycles. The van der Waals surface area contributed by atoms with E-state index in [-0.39, 0.29) is 6.61 Å². The van der Waals surface area contributed by atoms with Crippen LogP contribution in [0.3, 0.4) is 0 Å². The van der Waals surface area contributed by atoms with Crippen LogP contribution in [-0.2, 0) is 20.6 Å². The number of nitrogens with one attached hydrogen (secondary N) is 2. The zero-order chi connectivity index (χ0) is 27.1. The van der Waals surface area contributed by atoms with Crippen molar-refractivity contribution >= 4 is 23.3 Å². The first-order valence-corrected chi connectivity index (χ1v) is 12.2. The van der Waals surface area contributed by atoms with Crippen LogP contribution in [0.2, 0.25) is 0 Å². The Kier molecular flexibility index (Phi) is 9.51. The number of ether oxygens (including phenoxy) is 2. The number of hydrogen-bond donors (Lipinski definition) is 2. The van der Waals surface area contributed by atoms with E-state index in [0.717, 1.165) is 33.4 Å². The molecule has 0 fully saturated rings. The highest BCUT2D eigenvalue weighted by Gasteiger charge is 2.27. The second kappa shape index (κ2) is 11.9. The standard InChI is InChI=1S/C30H40N2O4/c1-10-26(36-28(34)32-30(8,9)25-13-11-12-23(18-25)21(4)5)19-35-27(33)31-29(6,7)24-16-14-22(15-17-24)20(2)3/h11-18,26H,2,4,10,19H2,1,3,5-9H3,(H,31,33)(H,32,34). The molecule has 194 valence electrons. The maximum Gasteiger partial charge on any atom is 0.408 e. The quantitative estimate of drug-likeness (QED) is 0.369. The summed E-state index contributed by atoms with van der Waals surface area (Å²) >= 11 is 0. The second-order valence-corrected chi connectivity index (χ2v) is 10.3.